The van der Waals surface area contributed by atoms with Gasteiger partial charge in [-0.2, -0.15) is 0 Å². The minimum atomic E-state index is 1.06. The van der Waals surface area contributed by atoms with E-state index >= 15 is 0 Å². The minimum absolute atomic E-state index is 1.06. The van der Waals surface area contributed by atoms with Crippen molar-refractivity contribution < 1.29 is 0 Å². The fourth-order valence-corrected chi connectivity index (χ4v) is 4.07. The molecule has 5 rings (SSSR count). The Morgan fingerprint density at radius 2 is 1.38 bits per heavy atom. The molecule has 0 nitrogen and oxygen atoms in total. The van der Waals surface area contributed by atoms with E-state index in [1.54, 1.807) is 0 Å². The van der Waals surface area contributed by atoms with Crippen LogP contribution in [0.15, 0.2) is 78.4 Å². The molecule has 0 spiro atoms. The molecular weight excluding hydrogens is 288 g/mol. The Balaban J connectivity index is 1.95. The smallest absolute Gasteiger partial charge is 0.00237 e. The summed E-state index contributed by atoms with van der Waals surface area (Å²) in [7, 11) is 0. The molecule has 1 aliphatic rings. The van der Waals surface area contributed by atoms with Crippen LogP contribution < -0.4 is 0 Å². The van der Waals surface area contributed by atoms with Crippen molar-refractivity contribution in [3.8, 4) is 11.1 Å². The van der Waals surface area contributed by atoms with Gasteiger partial charge < -0.3 is 0 Å². The van der Waals surface area contributed by atoms with Crippen LogP contribution in [0.5, 0.6) is 0 Å². The number of rotatable bonds is 1. The van der Waals surface area contributed by atoms with Crippen molar-refractivity contribution in [1.29, 1.82) is 0 Å². The molecule has 114 valence electrons. The van der Waals surface area contributed by atoms with Crippen LogP contribution in [0.25, 0.3) is 38.7 Å². The Kier molecular flexibility index (Phi) is 2.87. The van der Waals surface area contributed by atoms with Crippen LogP contribution in [0.3, 0.4) is 0 Å². The van der Waals surface area contributed by atoms with Crippen LogP contribution in [0.1, 0.15) is 18.1 Å². The molecule has 0 unspecified atom stereocenters. The van der Waals surface area contributed by atoms with E-state index < -0.39 is 0 Å². The molecule has 0 radical (unpaired) electrons. The van der Waals surface area contributed by atoms with Gasteiger partial charge in [-0.15, -0.1) is 0 Å². The van der Waals surface area contributed by atoms with Gasteiger partial charge in [0.1, 0.15) is 0 Å². The van der Waals surface area contributed by atoms with Gasteiger partial charge in [0.2, 0.25) is 0 Å². The van der Waals surface area contributed by atoms with Crippen LogP contribution in [-0.2, 0) is 6.42 Å². The fourth-order valence-electron chi connectivity index (χ4n) is 4.07. The summed E-state index contributed by atoms with van der Waals surface area (Å²) in [5, 5.41) is 5.31. The fraction of sp³-hybridized carbons (Fsp3) is 0.0833. The van der Waals surface area contributed by atoms with Crippen molar-refractivity contribution in [2.24, 2.45) is 0 Å². The van der Waals surface area contributed by atoms with Crippen molar-refractivity contribution in [2.75, 3.05) is 0 Å². The van der Waals surface area contributed by atoms with Crippen LogP contribution in [0.2, 0.25) is 0 Å². The molecule has 0 atom stereocenters. The Labute approximate surface area is 142 Å². The van der Waals surface area contributed by atoms with E-state index in [1.807, 2.05) is 0 Å². The maximum absolute atomic E-state index is 2.33. The average molecular weight is 306 g/mol. The third kappa shape index (κ3) is 1.93. The summed E-state index contributed by atoms with van der Waals surface area (Å²) in [4.78, 5) is 0. The first-order chi connectivity index (χ1) is 11.8. The first kappa shape index (κ1) is 13.6. The van der Waals surface area contributed by atoms with Crippen molar-refractivity contribution in [1.82, 2.24) is 0 Å². The SMILES string of the molecule is CC1=Cc2cccc(-c3c4ccccc4cc4ccccc34)c2C1. The van der Waals surface area contributed by atoms with Crippen molar-refractivity contribution >= 4 is 27.6 Å². The summed E-state index contributed by atoms with van der Waals surface area (Å²) in [5.74, 6) is 0. The van der Waals surface area contributed by atoms with Crippen molar-refractivity contribution in [2.45, 2.75) is 13.3 Å². The number of hydrogen-bond donors (Lipinski definition) is 0. The number of allylic oxidation sites excluding steroid dienone is 1. The van der Waals surface area contributed by atoms with E-state index in [0.29, 0.717) is 0 Å². The molecule has 0 amide bonds. The van der Waals surface area contributed by atoms with Gasteiger partial charge in [-0.25, -0.2) is 0 Å². The van der Waals surface area contributed by atoms with E-state index in [2.05, 4.69) is 85.8 Å². The quantitative estimate of drug-likeness (QED) is 0.347. The van der Waals surface area contributed by atoms with Gasteiger partial charge >= 0.3 is 0 Å². The third-order valence-corrected chi connectivity index (χ3v) is 5.11. The van der Waals surface area contributed by atoms with E-state index in [-0.39, 0.29) is 0 Å². The number of hydrogen-bond acceptors (Lipinski definition) is 0. The molecule has 1 aliphatic carbocycles. The highest BCUT2D eigenvalue weighted by atomic mass is 14.2. The molecule has 4 aromatic carbocycles. The molecule has 0 aliphatic heterocycles. The highest BCUT2D eigenvalue weighted by molar-refractivity contribution is 6.13. The van der Waals surface area contributed by atoms with Gasteiger partial charge in [0.25, 0.3) is 0 Å². The number of benzene rings is 4. The van der Waals surface area contributed by atoms with E-state index in [0.717, 1.165) is 6.42 Å². The largest absolute Gasteiger partial charge is 0.0683 e. The summed E-state index contributed by atoms with van der Waals surface area (Å²) in [6.45, 7) is 2.23. The lowest BCUT2D eigenvalue weighted by Crippen LogP contribution is -1.92. The van der Waals surface area contributed by atoms with Gasteiger partial charge in [0.15, 0.2) is 0 Å². The highest BCUT2D eigenvalue weighted by Crippen LogP contribution is 2.41. The highest BCUT2D eigenvalue weighted by Gasteiger charge is 2.18. The lowest BCUT2D eigenvalue weighted by molar-refractivity contribution is 1.20. The van der Waals surface area contributed by atoms with Gasteiger partial charge in [-0.05, 0) is 63.2 Å². The lowest BCUT2D eigenvalue weighted by atomic mass is 9.88. The molecule has 0 saturated heterocycles. The molecule has 24 heavy (non-hydrogen) atoms. The Morgan fingerprint density at radius 1 is 0.708 bits per heavy atom. The molecule has 0 heterocycles. The monoisotopic (exact) mass is 306 g/mol. The third-order valence-electron chi connectivity index (χ3n) is 5.11. The normalized spacial score (nSPS) is 13.3. The van der Waals surface area contributed by atoms with Gasteiger partial charge in [-0.3, -0.25) is 0 Å². The lowest BCUT2D eigenvalue weighted by Gasteiger charge is -2.15. The minimum Gasteiger partial charge on any atom is -0.0683 e. The Morgan fingerprint density at radius 3 is 2.08 bits per heavy atom. The zero-order valence-corrected chi connectivity index (χ0v) is 13.7. The molecule has 4 aromatic rings. The zero-order valence-electron chi connectivity index (χ0n) is 13.7. The predicted molar refractivity (Wildman–Crippen MR) is 104 cm³/mol. The molecule has 0 heteroatoms. The maximum Gasteiger partial charge on any atom is -0.00237 e. The number of fused-ring (bicyclic) bond motifs is 3. The molecule has 0 N–H and O–H groups in total. The van der Waals surface area contributed by atoms with Crippen LogP contribution >= 0.6 is 0 Å². The first-order valence-electron chi connectivity index (χ1n) is 8.51. The topological polar surface area (TPSA) is 0 Å². The maximum atomic E-state index is 2.33. The van der Waals surface area contributed by atoms with Crippen LogP contribution in [0, 0.1) is 0 Å². The summed E-state index contributed by atoms with van der Waals surface area (Å²) in [6, 6.07) is 26.5. The molecular formula is C24H18. The standard InChI is InChI=1S/C24H18/c1-16-13-17-9-6-12-22(23(17)14-16)24-20-10-4-2-7-18(20)15-19-8-3-5-11-21(19)24/h2-13,15H,14H2,1H3. The molecule has 0 bridgehead atoms. The van der Waals surface area contributed by atoms with Gasteiger partial charge in [-0.1, -0.05) is 78.4 Å². The van der Waals surface area contributed by atoms with E-state index in [4.69, 9.17) is 0 Å². The van der Waals surface area contributed by atoms with Crippen molar-refractivity contribution in [3.05, 3.63) is 89.5 Å². The summed E-state index contributed by atoms with van der Waals surface area (Å²) >= 11 is 0. The predicted octanol–water partition coefficient (Wildman–Crippen LogP) is 6.62. The second kappa shape index (κ2) is 5.07. The van der Waals surface area contributed by atoms with Crippen LogP contribution in [-0.4, -0.2) is 0 Å². The molecule has 0 saturated carbocycles. The van der Waals surface area contributed by atoms with Crippen LogP contribution in [0.4, 0.5) is 0 Å². The average Bonchev–Trinajstić information content (AvgIpc) is 3.00. The van der Waals surface area contributed by atoms with E-state index in [1.165, 1.54) is 49.4 Å². The molecule has 0 aromatic heterocycles. The Bertz CT molecular complexity index is 1080. The summed E-state index contributed by atoms with van der Waals surface area (Å²) < 4.78 is 0. The van der Waals surface area contributed by atoms with Gasteiger partial charge in [0, 0.05) is 0 Å². The van der Waals surface area contributed by atoms with Crippen molar-refractivity contribution in [3.63, 3.8) is 0 Å². The van der Waals surface area contributed by atoms with Gasteiger partial charge in [0.05, 0.1) is 0 Å². The second-order valence-electron chi connectivity index (χ2n) is 6.73. The molecule has 0 fully saturated rings. The summed E-state index contributed by atoms with van der Waals surface area (Å²) in [6.07, 6.45) is 3.38. The second-order valence-corrected chi connectivity index (χ2v) is 6.73. The Hall–Kier alpha value is -2.86. The van der Waals surface area contributed by atoms with E-state index in [9.17, 15) is 0 Å². The zero-order chi connectivity index (χ0) is 16.1. The first-order valence-corrected chi connectivity index (χ1v) is 8.51. The summed E-state index contributed by atoms with van der Waals surface area (Å²) in [5.41, 5.74) is 7.05.